The molecule has 0 aliphatic carbocycles. The fraction of sp³-hybridized carbons (Fsp3) is 0.480. The highest BCUT2D eigenvalue weighted by atomic mass is 32.1. The highest BCUT2D eigenvalue weighted by molar-refractivity contribution is 7.81. The van der Waals surface area contributed by atoms with Crippen molar-refractivity contribution in [3.63, 3.8) is 0 Å². The number of carbonyl (C=O) groups is 4. The van der Waals surface area contributed by atoms with Gasteiger partial charge in [-0.1, -0.05) is 45.0 Å². The van der Waals surface area contributed by atoms with Crippen LogP contribution in [-0.2, 0) is 41.4 Å². The Labute approximate surface area is 425 Å². The topological polar surface area (TPSA) is 188 Å². The molecule has 2 fully saturated rings. The molecule has 16 nitrogen and oxygen atoms in total. The largest absolute Gasteiger partial charge is 0.491 e. The molecule has 0 saturated carbocycles. The fourth-order valence-corrected chi connectivity index (χ4v) is 9.58. The standard InChI is InChI=1S/C50H60F4N8O8S2/c1-30-42(72-29-58-30)32-13-11-31(12-14-32)24-57-44(65)39-23-35(63)27-60(39)45(66)43(48(2,3)4)59-41(64)28-69-19-10-18-68-17-8-9-20-70-40-16-15-33(22-37(40)51)62-47(71)61(46(67)49(62,5)6)34-21-36(50(52,53)54)38(26-55-7)56-25-34/h11-16,21-22,25-26,29,35,39,43,63H,8-10,17-20,23-24,27-28H2,1-7H3,(H,57,65)(H,59,64)/t35-,39+,43-/m1/s1. The number of halogens is 4. The van der Waals surface area contributed by atoms with E-state index in [0.29, 0.717) is 32.5 Å². The van der Waals surface area contributed by atoms with Crippen molar-refractivity contribution in [1.82, 2.24) is 25.5 Å². The number of carbonyl (C=O) groups excluding carboxylic acids is 4. The van der Waals surface area contributed by atoms with Crippen molar-refractivity contribution in [2.75, 3.05) is 56.4 Å². The lowest BCUT2D eigenvalue weighted by Gasteiger charge is -2.35. The van der Waals surface area contributed by atoms with E-state index in [1.54, 1.807) is 37.6 Å². The van der Waals surface area contributed by atoms with Gasteiger partial charge in [0.1, 0.15) is 24.2 Å². The predicted octanol–water partition coefficient (Wildman–Crippen LogP) is 7.03. The summed E-state index contributed by atoms with van der Waals surface area (Å²) in [6.45, 7) is 11.4. The van der Waals surface area contributed by atoms with Crippen molar-refractivity contribution in [3.8, 4) is 16.2 Å². The number of benzene rings is 2. The summed E-state index contributed by atoms with van der Waals surface area (Å²) in [4.78, 5) is 70.5. The molecule has 72 heavy (non-hydrogen) atoms. The van der Waals surface area contributed by atoms with Gasteiger partial charge in [-0.05, 0) is 87.0 Å². The van der Waals surface area contributed by atoms with Gasteiger partial charge in [0.25, 0.3) is 5.91 Å². The summed E-state index contributed by atoms with van der Waals surface area (Å²) in [5.74, 6) is -2.80. The van der Waals surface area contributed by atoms with Crippen LogP contribution >= 0.6 is 23.6 Å². The molecule has 3 atom stereocenters. The third kappa shape index (κ3) is 13.4. The molecular weight excluding hydrogens is 981 g/mol. The Kier molecular flexibility index (Phi) is 18.3. The zero-order chi connectivity index (χ0) is 52.5. The lowest BCUT2D eigenvalue weighted by atomic mass is 9.85. The number of aromatic nitrogens is 2. The lowest BCUT2D eigenvalue weighted by molar-refractivity contribution is -0.144. The van der Waals surface area contributed by atoms with Crippen molar-refractivity contribution < 1.29 is 56.1 Å². The first kappa shape index (κ1) is 55.4. The molecule has 388 valence electrons. The van der Waals surface area contributed by atoms with Crippen molar-refractivity contribution in [2.45, 2.75) is 104 Å². The minimum Gasteiger partial charge on any atom is -0.491 e. The number of aliphatic hydroxyl groups excluding tert-OH is 1. The average Bonchev–Trinajstić information content (AvgIpc) is 3.98. The minimum atomic E-state index is -4.79. The van der Waals surface area contributed by atoms with Crippen LogP contribution in [0.5, 0.6) is 5.75 Å². The Morgan fingerprint density at radius 2 is 1.69 bits per heavy atom. The summed E-state index contributed by atoms with van der Waals surface area (Å²) in [7, 11) is 1.31. The molecule has 3 N–H and O–H groups in total. The first-order valence-electron chi connectivity index (χ1n) is 23.3. The molecule has 2 saturated heterocycles. The molecule has 2 aliphatic heterocycles. The van der Waals surface area contributed by atoms with E-state index in [0.717, 1.165) is 51.1 Å². The third-order valence-corrected chi connectivity index (χ3v) is 13.4. The third-order valence-electron chi connectivity index (χ3n) is 12.0. The van der Waals surface area contributed by atoms with Gasteiger partial charge >= 0.3 is 6.18 Å². The van der Waals surface area contributed by atoms with Crippen LogP contribution in [0.3, 0.4) is 0 Å². The van der Waals surface area contributed by atoms with Gasteiger partial charge in [-0.3, -0.25) is 34.1 Å². The number of hydrogen-bond acceptors (Lipinski definition) is 13. The first-order valence-corrected chi connectivity index (χ1v) is 24.6. The number of aryl methyl sites for hydroxylation is 1. The van der Waals surface area contributed by atoms with E-state index in [1.807, 2.05) is 31.2 Å². The summed E-state index contributed by atoms with van der Waals surface area (Å²) in [6, 6.07) is 10.7. The molecule has 2 aromatic heterocycles. The van der Waals surface area contributed by atoms with Gasteiger partial charge in [-0.15, -0.1) is 11.3 Å². The maximum absolute atomic E-state index is 15.4. The van der Waals surface area contributed by atoms with E-state index in [-0.39, 0.29) is 61.6 Å². The number of nitrogens with zero attached hydrogens (tertiary/aromatic N) is 6. The molecule has 4 amide bonds. The van der Waals surface area contributed by atoms with E-state index < -0.39 is 76.0 Å². The number of pyridine rings is 1. The Morgan fingerprint density at radius 3 is 2.35 bits per heavy atom. The molecule has 0 bridgehead atoms. The van der Waals surface area contributed by atoms with Crippen molar-refractivity contribution in [3.05, 3.63) is 88.6 Å². The van der Waals surface area contributed by atoms with E-state index in [4.69, 9.17) is 26.4 Å². The summed E-state index contributed by atoms with van der Waals surface area (Å²) >= 11 is 7.13. The second-order valence-corrected chi connectivity index (χ2v) is 20.2. The summed E-state index contributed by atoms with van der Waals surface area (Å²) < 4.78 is 74.0. The Bertz CT molecular complexity index is 2620. The number of unbranched alkanes of at least 4 members (excludes halogenated alkanes) is 1. The van der Waals surface area contributed by atoms with Crippen LogP contribution in [0.15, 0.2) is 65.2 Å². The van der Waals surface area contributed by atoms with Gasteiger partial charge < -0.3 is 39.8 Å². The number of alkyl halides is 3. The lowest BCUT2D eigenvalue weighted by Crippen LogP contribution is -2.58. The molecule has 4 aromatic rings. The van der Waals surface area contributed by atoms with Gasteiger partial charge in [-0.2, -0.15) is 13.2 Å². The van der Waals surface area contributed by atoms with E-state index in [9.17, 15) is 37.5 Å². The Balaban J connectivity index is 0.882. The predicted molar refractivity (Wildman–Crippen MR) is 268 cm³/mol. The molecule has 0 radical (unpaired) electrons. The van der Waals surface area contributed by atoms with E-state index in [2.05, 4.69) is 25.6 Å². The van der Waals surface area contributed by atoms with Gasteiger partial charge in [0.05, 0.1) is 51.9 Å². The van der Waals surface area contributed by atoms with Crippen LogP contribution in [-0.4, -0.2) is 125 Å². The van der Waals surface area contributed by atoms with Crippen LogP contribution in [0.2, 0.25) is 0 Å². The van der Waals surface area contributed by atoms with Gasteiger partial charge in [-0.25, -0.2) is 9.37 Å². The van der Waals surface area contributed by atoms with Crippen molar-refractivity contribution in [1.29, 1.82) is 0 Å². The molecule has 22 heteroatoms. The van der Waals surface area contributed by atoms with Crippen LogP contribution in [0.4, 0.5) is 28.9 Å². The number of rotatable bonds is 21. The van der Waals surface area contributed by atoms with Crippen molar-refractivity contribution >= 4 is 69.9 Å². The van der Waals surface area contributed by atoms with Crippen molar-refractivity contribution in [2.24, 2.45) is 10.4 Å². The quantitative estimate of drug-likeness (QED) is 0.0335. The second-order valence-electron chi connectivity index (χ2n) is 19.0. The smallest absolute Gasteiger partial charge is 0.418 e. The van der Waals surface area contributed by atoms with Crippen LogP contribution in [0, 0.1) is 18.2 Å². The number of amides is 4. The Hall–Kier alpha value is -5.94. The fourth-order valence-electron chi connectivity index (χ4n) is 8.24. The number of nitrogens with one attached hydrogen (secondary N) is 2. The van der Waals surface area contributed by atoms with Crippen LogP contribution in [0.1, 0.15) is 82.8 Å². The highest BCUT2D eigenvalue weighted by Gasteiger charge is 2.51. The number of likely N-dealkylation sites (tertiary alicyclic amines) is 1. The van der Waals surface area contributed by atoms with E-state index >= 15 is 4.39 Å². The van der Waals surface area contributed by atoms with Crippen LogP contribution in [0.25, 0.3) is 10.4 Å². The van der Waals surface area contributed by atoms with E-state index in [1.165, 1.54) is 42.8 Å². The molecule has 0 spiro atoms. The monoisotopic (exact) mass is 1040 g/mol. The first-order chi connectivity index (χ1) is 34.0. The minimum absolute atomic E-state index is 0.0455. The number of thiocarbonyl (C=S) groups is 1. The number of β-amino-alcohol motifs (C(OH)–C–C–N with tert-alkyl or cyclic N) is 1. The van der Waals surface area contributed by atoms with Gasteiger partial charge in [0, 0.05) is 64.3 Å². The average molecular weight is 1040 g/mol. The number of ether oxygens (including phenoxy) is 3. The van der Waals surface area contributed by atoms with Gasteiger partial charge in [0.2, 0.25) is 17.7 Å². The summed E-state index contributed by atoms with van der Waals surface area (Å²) in [5.41, 5.74) is 0.992. The molecule has 6 rings (SSSR count). The molecular formula is C50H60F4N8O8S2. The normalized spacial score (nSPS) is 17.5. The summed E-state index contributed by atoms with van der Waals surface area (Å²) in [5, 5.41) is 16.1. The molecule has 2 aliphatic rings. The maximum atomic E-state index is 15.4. The molecule has 4 heterocycles. The number of anilines is 2. The second kappa shape index (κ2) is 23.7. The number of aliphatic imine (C=N–C) groups is 1. The van der Waals surface area contributed by atoms with Crippen LogP contribution < -0.4 is 25.2 Å². The highest BCUT2D eigenvalue weighted by Crippen LogP contribution is 2.40. The SMILES string of the molecule is CN=Cc1ncc(N2C(=O)C(C)(C)N(c3ccc(OCCCCOCCCOCC(=O)N[C@H](C(=O)N4C[C@H](O)C[C@H]4C(=O)NCc4ccc(-c5scnc5C)cc4)C(C)(C)C)c(F)c3)C2=S)cc1C(F)(F)F. The van der Waals surface area contributed by atoms with Gasteiger partial charge in [0.15, 0.2) is 16.7 Å². The summed E-state index contributed by atoms with van der Waals surface area (Å²) in [6.07, 6.45) is -1.95. The Morgan fingerprint density at radius 1 is 1.00 bits per heavy atom. The molecule has 2 aromatic carbocycles. The zero-order valence-corrected chi connectivity index (χ0v) is 42.8. The molecule has 0 unspecified atom stereocenters. The number of aliphatic hydroxyl groups is 1. The number of hydrogen-bond donors (Lipinski definition) is 3. The maximum Gasteiger partial charge on any atom is 0.418 e. The zero-order valence-electron chi connectivity index (χ0n) is 41.2. The number of thiazole rings is 1.